The van der Waals surface area contributed by atoms with Gasteiger partial charge in [0.15, 0.2) is 5.13 Å². The number of hydrogen-bond donors (Lipinski definition) is 3. The Labute approximate surface area is 148 Å². The van der Waals surface area contributed by atoms with E-state index in [1.807, 2.05) is 13.8 Å². The van der Waals surface area contributed by atoms with Crippen molar-refractivity contribution >= 4 is 39.9 Å². The maximum absolute atomic E-state index is 12.3. The van der Waals surface area contributed by atoms with Crippen LogP contribution in [0.15, 0.2) is 24.3 Å². The molecule has 3 N–H and O–H groups in total. The zero-order valence-electron chi connectivity index (χ0n) is 13.9. The highest BCUT2D eigenvalue weighted by Gasteiger charge is 2.29. The minimum atomic E-state index is -0.938. The molecule has 3 amide bonds. The number of carbonyl (C=O) groups is 3. The third kappa shape index (κ3) is 3.69. The van der Waals surface area contributed by atoms with Crippen LogP contribution in [-0.4, -0.2) is 28.7 Å². The Morgan fingerprint density at radius 2 is 2.08 bits per heavy atom. The van der Waals surface area contributed by atoms with Crippen LogP contribution in [0, 0.1) is 6.92 Å². The number of aromatic nitrogens is 1. The smallest absolute Gasteiger partial charge is 0.254 e. The molecule has 0 bridgehead atoms. The van der Waals surface area contributed by atoms with Gasteiger partial charge in [-0.05, 0) is 25.5 Å². The van der Waals surface area contributed by atoms with E-state index in [0.717, 1.165) is 17.0 Å². The van der Waals surface area contributed by atoms with Crippen LogP contribution in [0.2, 0.25) is 0 Å². The lowest BCUT2D eigenvalue weighted by Gasteiger charge is -2.13. The van der Waals surface area contributed by atoms with Crippen molar-refractivity contribution in [1.82, 2.24) is 10.3 Å². The van der Waals surface area contributed by atoms with Crippen molar-refractivity contribution in [3.05, 3.63) is 40.4 Å². The van der Waals surface area contributed by atoms with Gasteiger partial charge in [0.2, 0.25) is 11.8 Å². The van der Waals surface area contributed by atoms with Crippen LogP contribution in [0.1, 0.15) is 34.3 Å². The molecule has 2 heterocycles. The molecule has 0 fully saturated rings. The van der Waals surface area contributed by atoms with E-state index in [2.05, 4.69) is 20.9 Å². The molecule has 0 aliphatic carbocycles. The predicted octanol–water partition coefficient (Wildman–Crippen LogP) is 2.09. The van der Waals surface area contributed by atoms with E-state index >= 15 is 0 Å². The van der Waals surface area contributed by atoms with Crippen molar-refractivity contribution in [2.24, 2.45) is 0 Å². The molecule has 1 aliphatic rings. The predicted molar refractivity (Wildman–Crippen MR) is 95.8 cm³/mol. The van der Waals surface area contributed by atoms with Gasteiger partial charge in [-0.1, -0.05) is 19.1 Å². The lowest BCUT2D eigenvalue weighted by atomic mass is 10.1. The Balaban J connectivity index is 1.69. The normalized spacial score (nSPS) is 16.5. The number of para-hydroxylation sites is 1. The first-order chi connectivity index (χ1) is 12.0. The second-order valence-electron chi connectivity index (χ2n) is 5.69. The zero-order chi connectivity index (χ0) is 18.0. The second kappa shape index (κ2) is 7.02. The summed E-state index contributed by atoms with van der Waals surface area (Å²) >= 11 is 1.39. The maximum Gasteiger partial charge on any atom is 0.254 e. The number of benzene rings is 1. The van der Waals surface area contributed by atoms with Gasteiger partial charge in [0.05, 0.1) is 23.4 Å². The van der Waals surface area contributed by atoms with Crippen LogP contribution < -0.4 is 16.0 Å². The van der Waals surface area contributed by atoms with Crippen LogP contribution in [-0.2, 0) is 16.0 Å². The summed E-state index contributed by atoms with van der Waals surface area (Å²) in [7, 11) is 0. The molecule has 0 saturated heterocycles. The summed E-state index contributed by atoms with van der Waals surface area (Å²) in [5.74, 6) is -1.18. The maximum atomic E-state index is 12.3. The molecular weight excluding hydrogens is 340 g/mol. The molecule has 3 rings (SSSR count). The third-order valence-electron chi connectivity index (χ3n) is 3.91. The fourth-order valence-corrected chi connectivity index (χ4v) is 3.54. The van der Waals surface area contributed by atoms with Crippen LogP contribution >= 0.6 is 11.3 Å². The number of hydrogen-bond acceptors (Lipinski definition) is 5. The highest BCUT2D eigenvalue weighted by Crippen LogP contribution is 2.23. The van der Waals surface area contributed by atoms with Crippen molar-refractivity contribution in [3.8, 4) is 0 Å². The second-order valence-corrected chi connectivity index (χ2v) is 6.89. The topological polar surface area (TPSA) is 100 Å². The third-order valence-corrected chi connectivity index (χ3v) is 4.84. The monoisotopic (exact) mass is 358 g/mol. The van der Waals surface area contributed by atoms with E-state index in [0.29, 0.717) is 16.4 Å². The molecule has 1 aliphatic heterocycles. The average Bonchev–Trinajstić information content (AvgIpc) is 2.88. The number of amides is 3. The average molecular weight is 358 g/mol. The van der Waals surface area contributed by atoms with Crippen LogP contribution in [0.4, 0.5) is 10.8 Å². The molecule has 1 atom stereocenters. The standard InChI is InChI=1S/C17H18N4O3S/c1-3-11-9(2)25-17(20-11)21-14(22)8-13-16(24)18-12-7-5-4-6-10(12)15(23)19-13/h4-7,13H,3,8H2,1-2H3,(H,18,24)(H,19,23)(H,20,21,22). The number of anilines is 2. The minimum absolute atomic E-state index is 0.161. The van der Waals surface area contributed by atoms with Crippen molar-refractivity contribution < 1.29 is 14.4 Å². The molecule has 0 radical (unpaired) electrons. The van der Waals surface area contributed by atoms with Crippen LogP contribution in [0.3, 0.4) is 0 Å². The number of aryl methyl sites for hydroxylation is 2. The molecule has 0 saturated carbocycles. The highest BCUT2D eigenvalue weighted by molar-refractivity contribution is 7.15. The number of thiazole rings is 1. The van der Waals surface area contributed by atoms with E-state index in [4.69, 9.17) is 0 Å². The van der Waals surface area contributed by atoms with Gasteiger partial charge in [-0.2, -0.15) is 0 Å². The van der Waals surface area contributed by atoms with E-state index in [9.17, 15) is 14.4 Å². The summed E-state index contributed by atoms with van der Waals surface area (Å²) in [6.07, 6.45) is 0.628. The fourth-order valence-electron chi connectivity index (χ4n) is 2.62. The lowest BCUT2D eigenvalue weighted by Crippen LogP contribution is -2.43. The van der Waals surface area contributed by atoms with Crippen molar-refractivity contribution in [1.29, 1.82) is 0 Å². The Kier molecular flexibility index (Phi) is 4.80. The molecule has 130 valence electrons. The number of rotatable bonds is 4. The number of nitrogens with one attached hydrogen (secondary N) is 3. The van der Waals surface area contributed by atoms with Gasteiger partial charge in [0, 0.05) is 4.88 Å². The summed E-state index contributed by atoms with van der Waals surface area (Å²) < 4.78 is 0. The largest absolute Gasteiger partial charge is 0.340 e. The SMILES string of the molecule is CCc1nc(NC(=O)CC2NC(=O)c3ccccc3NC2=O)sc1C. The Bertz CT molecular complexity index is 846. The van der Waals surface area contributed by atoms with E-state index in [1.54, 1.807) is 24.3 Å². The van der Waals surface area contributed by atoms with E-state index in [1.165, 1.54) is 11.3 Å². The van der Waals surface area contributed by atoms with Crippen LogP contribution in [0.25, 0.3) is 0 Å². The van der Waals surface area contributed by atoms with Gasteiger partial charge in [-0.25, -0.2) is 4.98 Å². The van der Waals surface area contributed by atoms with Gasteiger partial charge in [0.25, 0.3) is 5.91 Å². The van der Waals surface area contributed by atoms with Gasteiger partial charge >= 0.3 is 0 Å². The first-order valence-corrected chi connectivity index (χ1v) is 8.76. The van der Waals surface area contributed by atoms with Crippen molar-refractivity contribution in [3.63, 3.8) is 0 Å². The molecule has 1 unspecified atom stereocenters. The molecule has 7 nitrogen and oxygen atoms in total. The molecular formula is C17H18N4O3S. The lowest BCUT2D eigenvalue weighted by molar-refractivity contribution is -0.122. The van der Waals surface area contributed by atoms with Gasteiger partial charge < -0.3 is 16.0 Å². The summed E-state index contributed by atoms with van der Waals surface area (Å²) in [5.41, 5.74) is 1.76. The molecule has 1 aromatic carbocycles. The molecule has 0 spiro atoms. The van der Waals surface area contributed by atoms with Gasteiger partial charge in [0.1, 0.15) is 6.04 Å². The summed E-state index contributed by atoms with van der Waals surface area (Å²) in [6, 6.07) is 5.79. The van der Waals surface area contributed by atoms with Crippen molar-refractivity contribution in [2.75, 3.05) is 10.6 Å². The molecule has 8 heteroatoms. The number of nitrogens with zero attached hydrogens (tertiary/aromatic N) is 1. The molecule has 2 aromatic rings. The Hall–Kier alpha value is -2.74. The zero-order valence-corrected chi connectivity index (χ0v) is 14.7. The van der Waals surface area contributed by atoms with Gasteiger partial charge in [-0.15, -0.1) is 11.3 Å². The Morgan fingerprint density at radius 3 is 2.80 bits per heavy atom. The first-order valence-electron chi connectivity index (χ1n) is 7.94. The Morgan fingerprint density at radius 1 is 1.32 bits per heavy atom. The quantitative estimate of drug-likeness (QED) is 0.779. The number of carbonyl (C=O) groups excluding carboxylic acids is 3. The molecule has 1 aromatic heterocycles. The van der Waals surface area contributed by atoms with Crippen molar-refractivity contribution in [2.45, 2.75) is 32.7 Å². The summed E-state index contributed by atoms with van der Waals surface area (Å²) in [4.78, 5) is 42.2. The molecule has 25 heavy (non-hydrogen) atoms. The minimum Gasteiger partial charge on any atom is -0.340 e. The van der Waals surface area contributed by atoms with Gasteiger partial charge in [-0.3, -0.25) is 14.4 Å². The fraction of sp³-hybridized carbons (Fsp3) is 0.294. The summed E-state index contributed by atoms with van der Waals surface area (Å²) in [5, 5.41) is 8.48. The highest BCUT2D eigenvalue weighted by atomic mass is 32.1. The summed E-state index contributed by atoms with van der Waals surface area (Å²) in [6.45, 7) is 3.94. The first kappa shape index (κ1) is 17.1. The van der Waals surface area contributed by atoms with Crippen LogP contribution in [0.5, 0.6) is 0 Å². The number of fused-ring (bicyclic) bond motifs is 1. The van der Waals surface area contributed by atoms with E-state index < -0.39 is 11.9 Å². The van der Waals surface area contributed by atoms with E-state index in [-0.39, 0.29) is 18.2 Å².